The lowest BCUT2D eigenvalue weighted by atomic mass is 10.1. The second-order valence-corrected chi connectivity index (χ2v) is 8.58. The molecule has 0 aromatic heterocycles. The third kappa shape index (κ3) is 5.47. The molecule has 0 bridgehead atoms. The van der Waals surface area contributed by atoms with Gasteiger partial charge in [0.05, 0.1) is 6.61 Å². The highest BCUT2D eigenvalue weighted by Gasteiger charge is 2.39. The van der Waals surface area contributed by atoms with E-state index in [2.05, 4.69) is 5.32 Å². The minimum atomic E-state index is -0.492. The van der Waals surface area contributed by atoms with Gasteiger partial charge in [-0.25, -0.2) is 4.99 Å². The van der Waals surface area contributed by atoms with Crippen LogP contribution in [0.3, 0.4) is 0 Å². The van der Waals surface area contributed by atoms with Crippen molar-refractivity contribution in [1.82, 2.24) is 4.90 Å². The molecule has 1 aliphatic rings. The van der Waals surface area contributed by atoms with E-state index in [0.717, 1.165) is 23.2 Å². The summed E-state index contributed by atoms with van der Waals surface area (Å²) < 4.78 is 5.67. The first kappa shape index (κ1) is 22.9. The third-order valence-electron chi connectivity index (χ3n) is 4.96. The molecule has 1 atom stereocenters. The number of amidine groups is 1. The van der Waals surface area contributed by atoms with Crippen LogP contribution in [0.4, 0.5) is 11.4 Å². The van der Waals surface area contributed by atoms with Gasteiger partial charge in [0.25, 0.3) is 0 Å². The minimum Gasteiger partial charge on any atom is -0.492 e. The van der Waals surface area contributed by atoms with Gasteiger partial charge >= 0.3 is 0 Å². The molecular formula is C24H29N3O3S. The van der Waals surface area contributed by atoms with Gasteiger partial charge in [-0.2, -0.15) is 0 Å². The highest BCUT2D eigenvalue weighted by molar-refractivity contribution is 8.15. The number of carbonyl (C=O) groups is 2. The maximum Gasteiger partial charge on any atom is 0.242 e. The average molecular weight is 440 g/mol. The lowest BCUT2D eigenvalue weighted by Crippen LogP contribution is -2.34. The van der Waals surface area contributed by atoms with Crippen molar-refractivity contribution in [2.75, 3.05) is 18.5 Å². The van der Waals surface area contributed by atoms with Crippen LogP contribution in [0.15, 0.2) is 47.5 Å². The second kappa shape index (κ2) is 10.5. The molecule has 2 amide bonds. The fourth-order valence-electron chi connectivity index (χ4n) is 3.46. The van der Waals surface area contributed by atoms with Gasteiger partial charge in [-0.05, 0) is 50.5 Å². The number of benzene rings is 2. The standard InChI is InChI=1S/C24H29N3O3S/c1-5-14-27-23(29)20(15-21(28)26-22-16(3)10-9-11-17(22)4)31-24(27)25-18-12-7-8-13-19(18)30-6-2/h7-13,20H,5-6,14-15H2,1-4H3,(H,26,28). The van der Waals surface area contributed by atoms with Crippen molar-refractivity contribution in [3.8, 4) is 5.75 Å². The summed E-state index contributed by atoms with van der Waals surface area (Å²) in [6.07, 6.45) is 0.906. The Hall–Kier alpha value is -2.80. The quantitative estimate of drug-likeness (QED) is 0.623. The number of rotatable bonds is 8. The van der Waals surface area contributed by atoms with Crippen molar-refractivity contribution in [2.45, 2.75) is 45.8 Å². The normalized spacial score (nSPS) is 17.3. The predicted octanol–water partition coefficient (Wildman–Crippen LogP) is 5.07. The number of nitrogens with one attached hydrogen (secondary N) is 1. The molecule has 0 spiro atoms. The average Bonchev–Trinajstić information content (AvgIpc) is 3.01. The molecule has 6 nitrogen and oxygen atoms in total. The summed E-state index contributed by atoms with van der Waals surface area (Å²) in [4.78, 5) is 32.2. The van der Waals surface area contributed by atoms with Crippen molar-refractivity contribution < 1.29 is 14.3 Å². The number of aliphatic imine (C=N–C) groups is 1. The molecule has 164 valence electrons. The number of nitrogens with zero attached hydrogens (tertiary/aromatic N) is 2. The molecule has 2 aromatic rings. The SMILES string of the molecule is CCCN1C(=O)C(CC(=O)Nc2c(C)cccc2C)SC1=Nc1ccccc1OCC. The molecule has 2 aromatic carbocycles. The highest BCUT2D eigenvalue weighted by Crippen LogP contribution is 2.35. The second-order valence-electron chi connectivity index (χ2n) is 7.41. The van der Waals surface area contributed by atoms with E-state index in [1.54, 1.807) is 4.90 Å². The number of anilines is 1. The summed E-state index contributed by atoms with van der Waals surface area (Å²) >= 11 is 1.35. The van der Waals surface area contributed by atoms with Crippen LogP contribution in [0.25, 0.3) is 0 Å². The number of para-hydroxylation sites is 3. The molecule has 1 saturated heterocycles. The van der Waals surface area contributed by atoms with Crippen molar-refractivity contribution in [3.05, 3.63) is 53.6 Å². The fourth-order valence-corrected chi connectivity index (χ4v) is 4.63. The van der Waals surface area contributed by atoms with E-state index < -0.39 is 5.25 Å². The number of thioether (sulfide) groups is 1. The Balaban J connectivity index is 1.79. The Kier molecular flexibility index (Phi) is 7.74. The van der Waals surface area contributed by atoms with Crippen LogP contribution in [0.1, 0.15) is 37.8 Å². The van der Waals surface area contributed by atoms with E-state index in [-0.39, 0.29) is 18.2 Å². The number of ether oxygens (including phenoxy) is 1. The largest absolute Gasteiger partial charge is 0.492 e. The summed E-state index contributed by atoms with van der Waals surface area (Å²) in [5, 5.41) is 3.10. The summed E-state index contributed by atoms with van der Waals surface area (Å²) in [6.45, 7) is 8.96. The van der Waals surface area contributed by atoms with Crippen LogP contribution in [0, 0.1) is 13.8 Å². The summed E-state index contributed by atoms with van der Waals surface area (Å²) in [5.41, 5.74) is 3.50. The van der Waals surface area contributed by atoms with Crippen LogP contribution >= 0.6 is 11.8 Å². The highest BCUT2D eigenvalue weighted by atomic mass is 32.2. The molecule has 31 heavy (non-hydrogen) atoms. The Morgan fingerprint density at radius 2 is 1.84 bits per heavy atom. The first-order valence-corrected chi connectivity index (χ1v) is 11.5. The molecule has 0 aliphatic carbocycles. The van der Waals surface area contributed by atoms with Crippen LogP contribution in [0.2, 0.25) is 0 Å². The van der Waals surface area contributed by atoms with E-state index >= 15 is 0 Å². The first-order chi connectivity index (χ1) is 14.9. The van der Waals surface area contributed by atoms with Crippen LogP contribution in [-0.4, -0.2) is 40.3 Å². The number of amides is 2. The molecule has 1 heterocycles. The van der Waals surface area contributed by atoms with E-state index in [0.29, 0.717) is 29.8 Å². The zero-order chi connectivity index (χ0) is 22.4. The minimum absolute atomic E-state index is 0.0730. The molecule has 0 radical (unpaired) electrons. The third-order valence-corrected chi connectivity index (χ3v) is 6.14. The van der Waals surface area contributed by atoms with Gasteiger partial charge in [0, 0.05) is 18.7 Å². The van der Waals surface area contributed by atoms with Crippen LogP contribution in [-0.2, 0) is 9.59 Å². The Bertz CT molecular complexity index is 970. The maximum absolute atomic E-state index is 13.0. The van der Waals surface area contributed by atoms with Crippen LogP contribution in [0.5, 0.6) is 5.75 Å². The van der Waals surface area contributed by atoms with E-state index in [1.807, 2.05) is 70.2 Å². The molecule has 1 fully saturated rings. The molecule has 1 N–H and O–H groups in total. The summed E-state index contributed by atoms with van der Waals surface area (Å²) in [5.74, 6) is 0.435. The van der Waals surface area contributed by atoms with Crippen LogP contribution < -0.4 is 10.1 Å². The Morgan fingerprint density at radius 1 is 1.13 bits per heavy atom. The smallest absolute Gasteiger partial charge is 0.242 e. The fraction of sp³-hybridized carbons (Fsp3) is 0.375. The zero-order valence-electron chi connectivity index (χ0n) is 18.5. The van der Waals surface area contributed by atoms with Gasteiger partial charge < -0.3 is 10.1 Å². The number of aryl methyl sites for hydroxylation is 2. The summed E-state index contributed by atoms with van der Waals surface area (Å²) in [6, 6.07) is 13.4. The number of hydrogen-bond donors (Lipinski definition) is 1. The molecule has 0 saturated carbocycles. The van der Waals surface area contributed by atoms with E-state index in [4.69, 9.17) is 9.73 Å². The summed E-state index contributed by atoms with van der Waals surface area (Å²) in [7, 11) is 0. The monoisotopic (exact) mass is 439 g/mol. The Labute approximate surface area is 188 Å². The van der Waals surface area contributed by atoms with Gasteiger partial charge in [0.1, 0.15) is 16.7 Å². The Morgan fingerprint density at radius 3 is 2.52 bits per heavy atom. The van der Waals surface area contributed by atoms with E-state index in [9.17, 15) is 9.59 Å². The molecular weight excluding hydrogens is 410 g/mol. The van der Waals surface area contributed by atoms with Gasteiger partial charge in [0.2, 0.25) is 11.8 Å². The van der Waals surface area contributed by atoms with Gasteiger partial charge in [-0.3, -0.25) is 14.5 Å². The van der Waals surface area contributed by atoms with Crippen molar-refractivity contribution in [1.29, 1.82) is 0 Å². The van der Waals surface area contributed by atoms with Crippen molar-refractivity contribution >= 4 is 40.1 Å². The van der Waals surface area contributed by atoms with E-state index in [1.165, 1.54) is 11.8 Å². The molecule has 1 unspecified atom stereocenters. The number of hydrogen-bond acceptors (Lipinski definition) is 5. The predicted molar refractivity (Wildman–Crippen MR) is 127 cm³/mol. The van der Waals surface area contributed by atoms with Crippen molar-refractivity contribution in [3.63, 3.8) is 0 Å². The topological polar surface area (TPSA) is 71.0 Å². The lowest BCUT2D eigenvalue weighted by molar-refractivity contribution is -0.128. The molecule has 7 heteroatoms. The zero-order valence-corrected chi connectivity index (χ0v) is 19.3. The van der Waals surface area contributed by atoms with Gasteiger partial charge in [0.15, 0.2) is 5.17 Å². The molecule has 3 rings (SSSR count). The molecule has 1 aliphatic heterocycles. The van der Waals surface area contributed by atoms with Gasteiger partial charge in [-0.15, -0.1) is 0 Å². The maximum atomic E-state index is 13.0. The number of carbonyl (C=O) groups excluding carboxylic acids is 2. The van der Waals surface area contributed by atoms with Crippen molar-refractivity contribution in [2.24, 2.45) is 4.99 Å². The first-order valence-electron chi connectivity index (χ1n) is 10.6. The van der Waals surface area contributed by atoms with Gasteiger partial charge in [-0.1, -0.05) is 49.0 Å². The lowest BCUT2D eigenvalue weighted by Gasteiger charge is -2.16.